The minimum absolute atomic E-state index is 0.0112. The summed E-state index contributed by atoms with van der Waals surface area (Å²) < 4.78 is 0.881. The Kier molecular flexibility index (Phi) is 3.95. The van der Waals surface area contributed by atoms with Gasteiger partial charge >= 0.3 is 0 Å². The summed E-state index contributed by atoms with van der Waals surface area (Å²) in [7, 11) is 0. The maximum absolute atomic E-state index is 12.7. The third-order valence-electron chi connectivity index (χ3n) is 3.72. The van der Waals surface area contributed by atoms with Crippen LogP contribution in [0, 0.1) is 0 Å². The topological polar surface area (TPSA) is 73.1 Å². The highest BCUT2D eigenvalue weighted by Crippen LogP contribution is 2.37. The predicted octanol–water partition coefficient (Wildman–Crippen LogP) is 3.22. The second kappa shape index (κ2) is 5.79. The standard InChI is InChI=1S/C17H15BrN2O3/c1-11-10-17(23,13-5-7-14(18)8-6-13)20(19-11)16(22)12-3-2-4-15(21)9-12/h2-9,21,23H,10H2,1H3/t17-/m0/s1. The molecule has 0 unspecified atom stereocenters. The number of amides is 1. The molecule has 0 aliphatic carbocycles. The first-order valence-corrected chi connectivity index (χ1v) is 7.85. The average Bonchev–Trinajstić information content (AvgIpc) is 2.83. The van der Waals surface area contributed by atoms with Crippen molar-refractivity contribution in [3.05, 3.63) is 64.1 Å². The lowest BCUT2D eigenvalue weighted by Crippen LogP contribution is -2.43. The van der Waals surface area contributed by atoms with Crippen molar-refractivity contribution in [1.82, 2.24) is 5.01 Å². The van der Waals surface area contributed by atoms with E-state index in [0.717, 1.165) is 9.48 Å². The number of phenols is 1. The van der Waals surface area contributed by atoms with E-state index in [2.05, 4.69) is 21.0 Å². The van der Waals surface area contributed by atoms with Crippen molar-refractivity contribution in [2.75, 3.05) is 0 Å². The maximum Gasteiger partial charge on any atom is 0.277 e. The first-order chi connectivity index (χ1) is 10.9. The zero-order valence-corrected chi connectivity index (χ0v) is 14.0. The fourth-order valence-electron chi connectivity index (χ4n) is 2.64. The number of hydrogen-bond donors (Lipinski definition) is 2. The molecule has 0 bridgehead atoms. The highest BCUT2D eigenvalue weighted by Gasteiger charge is 2.45. The lowest BCUT2D eigenvalue weighted by atomic mass is 9.97. The minimum atomic E-state index is -1.53. The molecule has 0 aromatic heterocycles. The van der Waals surface area contributed by atoms with E-state index in [0.29, 0.717) is 11.3 Å². The fourth-order valence-corrected chi connectivity index (χ4v) is 2.90. The molecule has 1 amide bonds. The first kappa shape index (κ1) is 15.7. The van der Waals surface area contributed by atoms with Crippen molar-refractivity contribution in [3.63, 3.8) is 0 Å². The number of carbonyl (C=O) groups excluding carboxylic acids is 1. The van der Waals surface area contributed by atoms with Crippen molar-refractivity contribution in [2.24, 2.45) is 5.10 Å². The van der Waals surface area contributed by atoms with Crippen LogP contribution in [0.1, 0.15) is 29.3 Å². The lowest BCUT2D eigenvalue weighted by molar-refractivity contribution is -0.0765. The van der Waals surface area contributed by atoms with E-state index in [1.54, 1.807) is 43.3 Å². The van der Waals surface area contributed by atoms with Crippen molar-refractivity contribution < 1.29 is 15.0 Å². The number of halogens is 1. The van der Waals surface area contributed by atoms with Gasteiger partial charge in [-0.05, 0) is 37.3 Å². The van der Waals surface area contributed by atoms with Gasteiger partial charge in [0.1, 0.15) is 5.75 Å². The zero-order valence-electron chi connectivity index (χ0n) is 12.4. The maximum atomic E-state index is 12.7. The Balaban J connectivity index is 2.01. The Morgan fingerprint density at radius 3 is 2.61 bits per heavy atom. The number of phenolic OH excluding ortho intramolecular Hbond substituents is 1. The lowest BCUT2D eigenvalue weighted by Gasteiger charge is -2.31. The number of carbonyl (C=O) groups is 1. The van der Waals surface area contributed by atoms with Crippen LogP contribution in [0.3, 0.4) is 0 Å². The number of nitrogens with zero attached hydrogens (tertiary/aromatic N) is 2. The SMILES string of the molecule is CC1=NN(C(=O)c2cccc(O)c2)[C@@](O)(c2ccc(Br)cc2)C1. The summed E-state index contributed by atoms with van der Waals surface area (Å²) in [4.78, 5) is 12.7. The van der Waals surface area contributed by atoms with Gasteiger partial charge in [0, 0.05) is 27.7 Å². The third kappa shape index (κ3) is 2.87. The van der Waals surface area contributed by atoms with Gasteiger partial charge in [-0.1, -0.05) is 34.1 Å². The fraction of sp³-hybridized carbons (Fsp3) is 0.176. The summed E-state index contributed by atoms with van der Waals surface area (Å²) in [6, 6.07) is 13.1. The van der Waals surface area contributed by atoms with E-state index in [1.165, 1.54) is 12.1 Å². The van der Waals surface area contributed by atoms with E-state index >= 15 is 0 Å². The Labute approximate surface area is 142 Å². The zero-order chi connectivity index (χ0) is 16.6. The molecule has 2 aromatic carbocycles. The highest BCUT2D eigenvalue weighted by atomic mass is 79.9. The number of rotatable bonds is 2. The molecule has 1 heterocycles. The van der Waals surface area contributed by atoms with Gasteiger partial charge in [0.25, 0.3) is 5.91 Å². The Hall–Kier alpha value is -2.18. The molecule has 0 radical (unpaired) electrons. The predicted molar refractivity (Wildman–Crippen MR) is 90.0 cm³/mol. The summed E-state index contributed by atoms with van der Waals surface area (Å²) in [5.74, 6) is -0.480. The van der Waals surface area contributed by atoms with Crippen LogP contribution in [-0.2, 0) is 5.72 Å². The van der Waals surface area contributed by atoms with Gasteiger partial charge in [-0.25, -0.2) is 0 Å². The van der Waals surface area contributed by atoms with Crippen LogP contribution >= 0.6 is 15.9 Å². The molecule has 1 aliphatic heterocycles. The third-order valence-corrected chi connectivity index (χ3v) is 4.24. The second-order valence-corrected chi connectivity index (χ2v) is 6.42. The smallest absolute Gasteiger partial charge is 0.277 e. The normalized spacial score (nSPS) is 20.5. The van der Waals surface area contributed by atoms with Crippen LogP contribution in [0.25, 0.3) is 0 Å². The molecule has 1 atom stereocenters. The summed E-state index contributed by atoms with van der Waals surface area (Å²) in [5, 5.41) is 25.9. The largest absolute Gasteiger partial charge is 0.508 e. The van der Waals surface area contributed by atoms with Gasteiger partial charge in [0.2, 0.25) is 0 Å². The summed E-state index contributed by atoms with van der Waals surface area (Å²) >= 11 is 3.35. The number of hydrazone groups is 1. The molecule has 2 aromatic rings. The molecule has 6 heteroatoms. The van der Waals surface area contributed by atoms with E-state index in [9.17, 15) is 15.0 Å². The average molecular weight is 375 g/mol. The van der Waals surface area contributed by atoms with Gasteiger partial charge in [-0.15, -0.1) is 0 Å². The summed E-state index contributed by atoms with van der Waals surface area (Å²) in [6.07, 6.45) is 0.235. The number of aromatic hydroxyl groups is 1. The van der Waals surface area contributed by atoms with Crippen molar-refractivity contribution >= 4 is 27.5 Å². The number of aliphatic hydroxyl groups is 1. The molecule has 1 aliphatic rings. The van der Waals surface area contributed by atoms with Crippen LogP contribution in [0.5, 0.6) is 5.75 Å². The van der Waals surface area contributed by atoms with E-state index in [4.69, 9.17) is 0 Å². The van der Waals surface area contributed by atoms with Gasteiger partial charge in [0.15, 0.2) is 5.72 Å². The Morgan fingerprint density at radius 2 is 1.96 bits per heavy atom. The van der Waals surface area contributed by atoms with Crippen molar-refractivity contribution in [2.45, 2.75) is 19.1 Å². The summed E-state index contributed by atoms with van der Waals surface area (Å²) in [6.45, 7) is 1.76. The molecule has 0 fully saturated rings. The van der Waals surface area contributed by atoms with Gasteiger partial charge < -0.3 is 10.2 Å². The molecule has 118 valence electrons. The van der Waals surface area contributed by atoms with Crippen LogP contribution in [-0.4, -0.2) is 26.8 Å². The summed E-state index contributed by atoms with van der Waals surface area (Å²) in [5.41, 5.74) is -0.0365. The molecule has 0 spiro atoms. The van der Waals surface area contributed by atoms with Crippen LogP contribution in [0.2, 0.25) is 0 Å². The first-order valence-electron chi connectivity index (χ1n) is 7.06. The van der Waals surface area contributed by atoms with Gasteiger partial charge in [-0.3, -0.25) is 4.79 Å². The Morgan fingerprint density at radius 1 is 1.26 bits per heavy atom. The van der Waals surface area contributed by atoms with E-state index in [-0.39, 0.29) is 17.7 Å². The molecule has 0 saturated carbocycles. The number of hydrogen-bond acceptors (Lipinski definition) is 4. The van der Waals surface area contributed by atoms with E-state index < -0.39 is 11.6 Å². The van der Waals surface area contributed by atoms with E-state index in [1.807, 2.05) is 0 Å². The van der Waals surface area contributed by atoms with Gasteiger partial charge in [0.05, 0.1) is 0 Å². The quantitative estimate of drug-likeness (QED) is 0.847. The van der Waals surface area contributed by atoms with Crippen LogP contribution in [0.4, 0.5) is 0 Å². The molecular weight excluding hydrogens is 360 g/mol. The molecule has 2 N–H and O–H groups in total. The number of benzene rings is 2. The van der Waals surface area contributed by atoms with Crippen LogP contribution in [0.15, 0.2) is 58.1 Å². The monoisotopic (exact) mass is 374 g/mol. The van der Waals surface area contributed by atoms with Crippen molar-refractivity contribution in [3.8, 4) is 5.75 Å². The molecule has 5 nitrogen and oxygen atoms in total. The molecule has 23 heavy (non-hydrogen) atoms. The van der Waals surface area contributed by atoms with Gasteiger partial charge in [-0.2, -0.15) is 10.1 Å². The second-order valence-electron chi connectivity index (χ2n) is 5.50. The molecule has 3 rings (SSSR count). The highest BCUT2D eigenvalue weighted by molar-refractivity contribution is 9.10. The molecular formula is C17H15BrN2O3. The van der Waals surface area contributed by atoms with Crippen molar-refractivity contribution in [1.29, 1.82) is 0 Å². The Bertz CT molecular complexity index is 789. The van der Waals surface area contributed by atoms with Crippen LogP contribution < -0.4 is 0 Å². The minimum Gasteiger partial charge on any atom is -0.508 e. The molecule has 0 saturated heterocycles.